The molecule has 0 aliphatic heterocycles. The minimum Gasteiger partial charge on any atom is -0.493 e. The second-order valence-electron chi connectivity index (χ2n) is 6.52. The highest BCUT2D eigenvalue weighted by Gasteiger charge is 2.21. The van der Waals surface area contributed by atoms with Crippen LogP contribution in [0.2, 0.25) is 0 Å². The molecule has 0 radical (unpaired) electrons. The maximum absolute atomic E-state index is 5.97. The van der Waals surface area contributed by atoms with Crippen LogP contribution < -0.4 is 10.5 Å². The van der Waals surface area contributed by atoms with Crippen molar-refractivity contribution in [2.75, 3.05) is 20.2 Å². The fourth-order valence-electron chi connectivity index (χ4n) is 3.08. The number of ether oxygens (including phenoxy) is 1. The number of benzene rings is 1. The maximum atomic E-state index is 5.97. The van der Waals surface area contributed by atoms with Gasteiger partial charge >= 0.3 is 0 Å². The van der Waals surface area contributed by atoms with E-state index in [0.29, 0.717) is 12.1 Å². The highest BCUT2D eigenvalue weighted by Crippen LogP contribution is 2.22. The zero-order chi connectivity index (χ0) is 15.2. The van der Waals surface area contributed by atoms with Gasteiger partial charge in [-0.25, -0.2) is 0 Å². The van der Waals surface area contributed by atoms with Gasteiger partial charge in [-0.1, -0.05) is 12.1 Å². The van der Waals surface area contributed by atoms with E-state index in [-0.39, 0.29) is 0 Å². The molecule has 0 atom stereocenters. The van der Waals surface area contributed by atoms with Crippen LogP contribution in [0.15, 0.2) is 18.2 Å². The van der Waals surface area contributed by atoms with Gasteiger partial charge in [0.15, 0.2) is 0 Å². The third kappa shape index (κ3) is 5.01. The second-order valence-corrected chi connectivity index (χ2v) is 6.52. The average molecular weight is 290 g/mol. The molecule has 2 N–H and O–H groups in total. The van der Waals surface area contributed by atoms with E-state index in [0.717, 1.165) is 25.3 Å². The molecule has 1 aliphatic rings. The largest absolute Gasteiger partial charge is 0.493 e. The molecule has 0 spiro atoms. The lowest BCUT2D eigenvalue weighted by Crippen LogP contribution is -2.39. The smallest absolute Gasteiger partial charge is 0.122 e. The summed E-state index contributed by atoms with van der Waals surface area (Å²) in [6.45, 7) is 6.10. The molecule has 1 aliphatic carbocycles. The van der Waals surface area contributed by atoms with E-state index < -0.39 is 0 Å². The molecule has 0 amide bonds. The van der Waals surface area contributed by atoms with E-state index in [1.165, 1.54) is 36.8 Å². The van der Waals surface area contributed by atoms with Crippen LogP contribution in [-0.2, 0) is 0 Å². The van der Waals surface area contributed by atoms with E-state index in [9.17, 15) is 0 Å². The van der Waals surface area contributed by atoms with Gasteiger partial charge in [-0.05, 0) is 70.2 Å². The summed E-state index contributed by atoms with van der Waals surface area (Å²) < 4.78 is 5.93. The van der Waals surface area contributed by atoms with Crippen molar-refractivity contribution in [1.29, 1.82) is 0 Å². The Labute approximate surface area is 129 Å². The van der Waals surface area contributed by atoms with Gasteiger partial charge in [0, 0.05) is 18.6 Å². The SMILES string of the molecule is Cc1ccc(C)c(OCCCN(C)C2CCC(N)CC2)c1. The molecule has 0 aromatic heterocycles. The van der Waals surface area contributed by atoms with E-state index in [1.54, 1.807) is 0 Å². The van der Waals surface area contributed by atoms with Crippen molar-refractivity contribution in [2.24, 2.45) is 5.73 Å². The molecule has 118 valence electrons. The monoisotopic (exact) mass is 290 g/mol. The molecule has 0 heterocycles. The van der Waals surface area contributed by atoms with Gasteiger partial charge in [0.1, 0.15) is 5.75 Å². The molecular weight excluding hydrogens is 260 g/mol. The summed E-state index contributed by atoms with van der Waals surface area (Å²) in [5.41, 5.74) is 8.44. The van der Waals surface area contributed by atoms with Gasteiger partial charge in [-0.3, -0.25) is 0 Å². The number of hydrogen-bond donors (Lipinski definition) is 1. The van der Waals surface area contributed by atoms with Crippen molar-refractivity contribution in [2.45, 2.75) is 58.0 Å². The fraction of sp³-hybridized carbons (Fsp3) is 0.667. The summed E-state index contributed by atoms with van der Waals surface area (Å²) in [6.07, 6.45) is 5.92. The van der Waals surface area contributed by atoms with Crippen molar-refractivity contribution < 1.29 is 4.74 Å². The zero-order valence-electron chi connectivity index (χ0n) is 13.8. The first kappa shape index (κ1) is 16.3. The molecule has 3 nitrogen and oxygen atoms in total. The third-order valence-electron chi connectivity index (χ3n) is 4.62. The molecule has 0 saturated heterocycles. The van der Waals surface area contributed by atoms with Crippen molar-refractivity contribution in [3.05, 3.63) is 29.3 Å². The van der Waals surface area contributed by atoms with Crippen molar-refractivity contribution >= 4 is 0 Å². The first-order chi connectivity index (χ1) is 10.1. The van der Waals surface area contributed by atoms with Crippen molar-refractivity contribution in [1.82, 2.24) is 4.90 Å². The Balaban J connectivity index is 1.68. The summed E-state index contributed by atoms with van der Waals surface area (Å²) in [7, 11) is 2.24. The van der Waals surface area contributed by atoms with Crippen LogP contribution in [0.1, 0.15) is 43.2 Å². The lowest BCUT2D eigenvalue weighted by Gasteiger charge is -2.33. The number of nitrogens with two attached hydrogens (primary N) is 1. The molecule has 1 saturated carbocycles. The normalized spacial score (nSPS) is 22.5. The van der Waals surface area contributed by atoms with Crippen LogP contribution in [0.3, 0.4) is 0 Å². The summed E-state index contributed by atoms with van der Waals surface area (Å²) in [5.74, 6) is 1.03. The highest BCUT2D eigenvalue weighted by molar-refractivity contribution is 5.35. The lowest BCUT2D eigenvalue weighted by atomic mass is 9.91. The second kappa shape index (κ2) is 7.81. The van der Waals surface area contributed by atoms with Crippen LogP contribution in [-0.4, -0.2) is 37.2 Å². The molecule has 3 heteroatoms. The minimum atomic E-state index is 0.433. The Morgan fingerprint density at radius 3 is 2.62 bits per heavy atom. The zero-order valence-corrected chi connectivity index (χ0v) is 13.8. The van der Waals surface area contributed by atoms with Gasteiger partial charge in [0.05, 0.1) is 6.61 Å². The van der Waals surface area contributed by atoms with Gasteiger partial charge in [0.25, 0.3) is 0 Å². The Morgan fingerprint density at radius 1 is 1.19 bits per heavy atom. The number of rotatable bonds is 6. The van der Waals surface area contributed by atoms with Gasteiger partial charge in [-0.2, -0.15) is 0 Å². The molecule has 0 bridgehead atoms. The fourth-order valence-corrected chi connectivity index (χ4v) is 3.08. The number of nitrogens with zero attached hydrogens (tertiary/aromatic N) is 1. The quantitative estimate of drug-likeness (QED) is 0.817. The summed E-state index contributed by atoms with van der Waals surface area (Å²) >= 11 is 0. The molecule has 0 unspecified atom stereocenters. The van der Waals surface area contributed by atoms with Crippen LogP contribution in [0.25, 0.3) is 0 Å². The Kier molecular flexibility index (Phi) is 6.07. The minimum absolute atomic E-state index is 0.433. The van der Waals surface area contributed by atoms with Crippen molar-refractivity contribution in [3.63, 3.8) is 0 Å². The van der Waals surface area contributed by atoms with Crippen LogP contribution in [0.4, 0.5) is 0 Å². The predicted molar refractivity (Wildman–Crippen MR) is 88.9 cm³/mol. The third-order valence-corrected chi connectivity index (χ3v) is 4.62. The molecular formula is C18H30N2O. The van der Waals surface area contributed by atoms with Gasteiger partial charge < -0.3 is 15.4 Å². The maximum Gasteiger partial charge on any atom is 0.122 e. The predicted octanol–water partition coefficient (Wildman–Crippen LogP) is 3.27. The van der Waals surface area contributed by atoms with E-state index in [1.807, 2.05) is 0 Å². The van der Waals surface area contributed by atoms with E-state index in [4.69, 9.17) is 10.5 Å². The molecule has 1 aromatic carbocycles. The summed E-state index contributed by atoms with van der Waals surface area (Å²) in [5, 5.41) is 0. The van der Waals surface area contributed by atoms with Gasteiger partial charge in [0.2, 0.25) is 0 Å². The average Bonchev–Trinajstić information content (AvgIpc) is 2.47. The Hall–Kier alpha value is -1.06. The molecule has 1 aromatic rings. The molecule has 1 fully saturated rings. The van der Waals surface area contributed by atoms with Crippen molar-refractivity contribution in [3.8, 4) is 5.75 Å². The molecule has 2 rings (SSSR count). The topological polar surface area (TPSA) is 38.5 Å². The molecule has 21 heavy (non-hydrogen) atoms. The standard InChI is InChI=1S/C18H30N2O/c1-14-5-6-15(2)18(13-14)21-12-4-11-20(3)17-9-7-16(19)8-10-17/h5-6,13,16-17H,4,7-12,19H2,1-3H3. The number of aryl methyl sites for hydroxylation is 2. The Bertz CT molecular complexity index is 439. The summed E-state index contributed by atoms with van der Waals surface area (Å²) in [4.78, 5) is 2.48. The van der Waals surface area contributed by atoms with E-state index >= 15 is 0 Å². The van der Waals surface area contributed by atoms with E-state index in [2.05, 4.69) is 44.0 Å². The summed E-state index contributed by atoms with van der Waals surface area (Å²) in [6, 6.07) is 7.53. The highest BCUT2D eigenvalue weighted by atomic mass is 16.5. The first-order valence-corrected chi connectivity index (χ1v) is 8.22. The van der Waals surface area contributed by atoms with Gasteiger partial charge in [-0.15, -0.1) is 0 Å². The van der Waals surface area contributed by atoms with Crippen LogP contribution in [0.5, 0.6) is 5.75 Å². The number of hydrogen-bond acceptors (Lipinski definition) is 3. The lowest BCUT2D eigenvalue weighted by molar-refractivity contribution is 0.170. The van der Waals surface area contributed by atoms with Crippen LogP contribution >= 0.6 is 0 Å². The first-order valence-electron chi connectivity index (χ1n) is 8.22. The Morgan fingerprint density at radius 2 is 1.90 bits per heavy atom. The van der Waals surface area contributed by atoms with Crippen LogP contribution in [0, 0.1) is 13.8 Å².